The average Bonchev–Trinajstić information content (AvgIpc) is 1.92. The lowest BCUT2D eigenvalue weighted by molar-refractivity contribution is -0.138. The molecule has 0 atom stereocenters. The molecular weight excluding hydrogens is 350 g/mol. The van der Waals surface area contributed by atoms with Gasteiger partial charge in [0.1, 0.15) is 0 Å². The highest BCUT2D eigenvalue weighted by Gasteiger charge is 2.33. The number of halogens is 5. The number of alkyl halides is 3. The molecule has 0 unspecified atom stereocenters. The lowest BCUT2D eigenvalue weighted by Crippen LogP contribution is -2.07. The van der Waals surface area contributed by atoms with Gasteiger partial charge in [0.25, 0.3) is 0 Å². The number of rotatable bonds is 0. The van der Waals surface area contributed by atoms with Gasteiger partial charge in [-0.25, -0.2) is 0 Å². The zero-order valence-electron chi connectivity index (χ0n) is 5.49. The van der Waals surface area contributed by atoms with Crippen LogP contribution < -0.4 is 0 Å². The predicted octanol–water partition coefficient (Wildman–Crippen LogP) is 3.47. The van der Waals surface area contributed by atoms with Gasteiger partial charge >= 0.3 is 6.18 Å². The van der Waals surface area contributed by atoms with Crippen LogP contribution in [0.5, 0.6) is 0 Å². The summed E-state index contributed by atoms with van der Waals surface area (Å²) < 4.78 is 37.0. The van der Waals surface area contributed by atoms with Crippen molar-refractivity contribution in [3.05, 3.63) is 26.0 Å². The Kier molecular flexibility index (Phi) is 2.97. The molecule has 0 aromatic carbocycles. The van der Waals surface area contributed by atoms with Crippen molar-refractivity contribution >= 4 is 38.5 Å². The normalized spacial score (nSPS) is 11.8. The van der Waals surface area contributed by atoms with Crippen molar-refractivity contribution in [1.82, 2.24) is 4.98 Å². The van der Waals surface area contributed by atoms with Crippen LogP contribution in [-0.2, 0) is 6.18 Å². The van der Waals surface area contributed by atoms with Crippen LogP contribution in [0, 0.1) is 3.57 Å². The molecule has 0 amide bonds. The maximum atomic E-state index is 12.2. The van der Waals surface area contributed by atoms with E-state index in [0.29, 0.717) is 3.57 Å². The second-order valence-electron chi connectivity index (χ2n) is 1.98. The van der Waals surface area contributed by atoms with Crippen molar-refractivity contribution in [1.29, 1.82) is 0 Å². The van der Waals surface area contributed by atoms with Crippen LogP contribution in [0.4, 0.5) is 13.2 Å². The second-order valence-corrected chi connectivity index (χ2v) is 3.94. The molecule has 0 saturated carbocycles. The largest absolute Gasteiger partial charge is 0.419 e. The van der Waals surface area contributed by atoms with Gasteiger partial charge in [0.15, 0.2) is 0 Å². The van der Waals surface area contributed by atoms with Crippen LogP contribution in [0.3, 0.4) is 0 Å². The number of hydrogen-bond donors (Lipinski definition) is 0. The second kappa shape index (κ2) is 3.49. The van der Waals surface area contributed by atoms with E-state index in [0.717, 1.165) is 6.20 Å². The van der Waals surface area contributed by atoms with Gasteiger partial charge in [-0.15, -0.1) is 0 Å². The van der Waals surface area contributed by atoms with E-state index in [2.05, 4.69) is 20.9 Å². The molecule has 6 heteroatoms. The van der Waals surface area contributed by atoms with E-state index in [4.69, 9.17) is 0 Å². The number of pyridine rings is 1. The lowest BCUT2D eigenvalue weighted by atomic mass is 10.3. The van der Waals surface area contributed by atoms with E-state index in [1.807, 2.05) is 0 Å². The van der Waals surface area contributed by atoms with Crippen molar-refractivity contribution in [3.63, 3.8) is 0 Å². The molecule has 12 heavy (non-hydrogen) atoms. The van der Waals surface area contributed by atoms with Gasteiger partial charge in [0.2, 0.25) is 0 Å². The van der Waals surface area contributed by atoms with E-state index in [-0.39, 0.29) is 4.47 Å². The molecule has 0 fully saturated rings. The lowest BCUT2D eigenvalue weighted by Gasteiger charge is -2.08. The SMILES string of the molecule is FC(F)(F)c1cncc(I)c1Br. The summed E-state index contributed by atoms with van der Waals surface area (Å²) in [5.41, 5.74) is -0.741. The van der Waals surface area contributed by atoms with Gasteiger partial charge in [0, 0.05) is 20.4 Å². The Morgan fingerprint density at radius 3 is 2.33 bits per heavy atom. The fraction of sp³-hybridized carbons (Fsp3) is 0.167. The Balaban J connectivity index is 3.26. The smallest absolute Gasteiger partial charge is 0.263 e. The molecule has 0 bridgehead atoms. The first-order chi connectivity index (χ1) is 5.43. The first-order valence-electron chi connectivity index (χ1n) is 2.79. The first-order valence-corrected chi connectivity index (χ1v) is 4.66. The molecular formula is C6H2BrF3IN. The van der Waals surface area contributed by atoms with E-state index in [1.165, 1.54) is 6.20 Å². The van der Waals surface area contributed by atoms with Gasteiger partial charge in [-0.2, -0.15) is 13.2 Å². The fourth-order valence-electron chi connectivity index (χ4n) is 0.617. The van der Waals surface area contributed by atoms with Crippen molar-refractivity contribution in [2.24, 2.45) is 0 Å². The Labute approximate surface area is 88.6 Å². The molecule has 1 rings (SSSR count). The van der Waals surface area contributed by atoms with Crippen molar-refractivity contribution in [2.75, 3.05) is 0 Å². The molecule has 0 aliphatic rings. The molecule has 0 N–H and O–H groups in total. The monoisotopic (exact) mass is 351 g/mol. The van der Waals surface area contributed by atoms with E-state index < -0.39 is 11.7 Å². The molecule has 1 aromatic heterocycles. The number of nitrogens with zero attached hydrogens (tertiary/aromatic N) is 1. The Morgan fingerprint density at radius 1 is 1.33 bits per heavy atom. The summed E-state index contributed by atoms with van der Waals surface area (Å²) in [7, 11) is 0. The first kappa shape index (κ1) is 10.2. The quantitative estimate of drug-likeness (QED) is 0.652. The van der Waals surface area contributed by atoms with Crippen molar-refractivity contribution in [2.45, 2.75) is 6.18 Å². The maximum absolute atomic E-state index is 12.2. The minimum absolute atomic E-state index is 0.0469. The standard InChI is InChI=1S/C6H2BrF3IN/c7-5-3(6(8,9)10)1-12-2-4(5)11/h1-2H. The summed E-state index contributed by atoms with van der Waals surface area (Å²) in [5, 5.41) is 0. The predicted molar refractivity (Wildman–Crippen MR) is 49.7 cm³/mol. The fourth-order valence-corrected chi connectivity index (χ4v) is 1.50. The summed E-state index contributed by atoms with van der Waals surface area (Å²) in [4.78, 5) is 3.45. The molecule has 1 aromatic rings. The maximum Gasteiger partial charge on any atom is 0.419 e. The topological polar surface area (TPSA) is 12.9 Å². The summed E-state index contributed by atoms with van der Waals surface area (Å²) in [6.07, 6.45) is -2.18. The third-order valence-corrected chi connectivity index (χ3v) is 3.56. The van der Waals surface area contributed by atoms with Gasteiger partial charge in [-0.1, -0.05) is 0 Å². The summed E-state index contributed by atoms with van der Waals surface area (Å²) >= 11 is 4.63. The Hall–Kier alpha value is 0.150. The molecule has 0 saturated heterocycles. The third kappa shape index (κ3) is 2.09. The molecule has 0 aliphatic heterocycles. The minimum Gasteiger partial charge on any atom is -0.263 e. The molecule has 1 nitrogen and oxygen atoms in total. The van der Waals surface area contributed by atoms with Crippen LogP contribution in [0.15, 0.2) is 16.9 Å². The minimum atomic E-state index is -4.34. The van der Waals surface area contributed by atoms with Crippen LogP contribution in [0.2, 0.25) is 0 Å². The zero-order valence-corrected chi connectivity index (χ0v) is 9.24. The van der Waals surface area contributed by atoms with Crippen LogP contribution >= 0.6 is 38.5 Å². The summed E-state index contributed by atoms with van der Waals surface area (Å²) in [5.74, 6) is 0. The molecule has 0 aliphatic carbocycles. The number of aromatic nitrogens is 1. The van der Waals surface area contributed by atoms with Crippen LogP contribution in [0.1, 0.15) is 5.56 Å². The van der Waals surface area contributed by atoms with Crippen molar-refractivity contribution < 1.29 is 13.2 Å². The third-order valence-electron chi connectivity index (χ3n) is 1.14. The molecule has 1 heterocycles. The zero-order chi connectivity index (χ0) is 9.35. The molecule has 0 radical (unpaired) electrons. The molecule has 66 valence electrons. The highest BCUT2D eigenvalue weighted by atomic mass is 127. The van der Waals surface area contributed by atoms with Crippen LogP contribution in [-0.4, -0.2) is 4.98 Å². The van der Waals surface area contributed by atoms with Gasteiger partial charge < -0.3 is 0 Å². The highest BCUT2D eigenvalue weighted by molar-refractivity contribution is 14.1. The van der Waals surface area contributed by atoms with Gasteiger partial charge in [-0.05, 0) is 38.5 Å². The Morgan fingerprint density at radius 2 is 1.92 bits per heavy atom. The van der Waals surface area contributed by atoms with Gasteiger partial charge in [0.05, 0.1) is 5.56 Å². The van der Waals surface area contributed by atoms with Gasteiger partial charge in [-0.3, -0.25) is 4.98 Å². The number of hydrogen-bond acceptors (Lipinski definition) is 1. The van der Waals surface area contributed by atoms with E-state index >= 15 is 0 Å². The van der Waals surface area contributed by atoms with E-state index in [9.17, 15) is 13.2 Å². The summed E-state index contributed by atoms with van der Waals surface area (Å²) in [6, 6.07) is 0. The average molecular weight is 352 g/mol. The molecule has 0 spiro atoms. The highest BCUT2D eigenvalue weighted by Crippen LogP contribution is 2.35. The summed E-state index contributed by atoms with van der Waals surface area (Å²) in [6.45, 7) is 0. The Bertz CT molecular complexity index is 299. The van der Waals surface area contributed by atoms with Crippen molar-refractivity contribution in [3.8, 4) is 0 Å². The van der Waals surface area contributed by atoms with Crippen LogP contribution in [0.25, 0.3) is 0 Å². The van der Waals surface area contributed by atoms with E-state index in [1.54, 1.807) is 22.6 Å².